The van der Waals surface area contributed by atoms with Gasteiger partial charge in [0.25, 0.3) is 0 Å². The molecule has 1 fully saturated rings. The van der Waals surface area contributed by atoms with Crippen LogP contribution in [0.5, 0.6) is 0 Å². The molecule has 0 saturated carbocycles. The van der Waals surface area contributed by atoms with Gasteiger partial charge in [-0.25, -0.2) is 9.69 Å². The molecule has 0 aliphatic carbocycles. The lowest BCUT2D eigenvalue weighted by Crippen LogP contribution is -2.46. The Balaban J connectivity index is 1.75. The zero-order valence-corrected chi connectivity index (χ0v) is 20.3. The molecule has 0 bridgehead atoms. The minimum Gasteiger partial charge on any atom is -0.447 e. The van der Waals surface area contributed by atoms with Crippen molar-refractivity contribution >= 4 is 29.4 Å². The maximum Gasteiger partial charge on any atom is 0.417 e. The fourth-order valence-electron chi connectivity index (χ4n) is 4.16. The van der Waals surface area contributed by atoms with Crippen LogP contribution in [0.3, 0.4) is 0 Å². The maximum atomic E-state index is 13.6. The molecule has 2 amide bonds. The van der Waals surface area contributed by atoms with E-state index in [1.165, 1.54) is 4.90 Å². The summed E-state index contributed by atoms with van der Waals surface area (Å²) in [5.41, 5.74) is 1.86. The first-order valence-electron chi connectivity index (χ1n) is 11.4. The number of nitrogens with zero attached hydrogens (tertiary/aromatic N) is 1. The van der Waals surface area contributed by atoms with E-state index >= 15 is 0 Å². The minimum atomic E-state index is -0.861. The molecule has 2 atom stereocenters. The van der Waals surface area contributed by atoms with Crippen LogP contribution in [0, 0.1) is 11.3 Å². The van der Waals surface area contributed by atoms with Crippen LogP contribution in [0.1, 0.15) is 51.2 Å². The number of Topliss-reactive ketones (excluding diaryl/α,β-unsaturated/α-hetero) is 1. The standard InChI is InChI=1S/C27H32ClNO4/c1-27(2,3)17-24(30)23(11-7-10-19-12-14-21(28)15-13-19)25(31)29-22(18-33-26(29)32)16-20-8-5-4-6-9-20/h4-6,8-9,12-15,22-23H,7,10-11,16-18H2,1-3H3. The molecule has 2 aromatic rings. The normalized spacial score (nSPS) is 17.0. The van der Waals surface area contributed by atoms with E-state index in [1.807, 2.05) is 75.4 Å². The topological polar surface area (TPSA) is 63.7 Å². The summed E-state index contributed by atoms with van der Waals surface area (Å²) in [6.07, 6.45) is 1.88. The number of rotatable bonds is 9. The molecule has 33 heavy (non-hydrogen) atoms. The van der Waals surface area contributed by atoms with Crippen molar-refractivity contribution in [2.24, 2.45) is 11.3 Å². The van der Waals surface area contributed by atoms with Crippen molar-refractivity contribution in [3.05, 3.63) is 70.7 Å². The van der Waals surface area contributed by atoms with Gasteiger partial charge in [-0.1, -0.05) is 74.8 Å². The van der Waals surface area contributed by atoms with E-state index in [9.17, 15) is 14.4 Å². The molecule has 1 aliphatic rings. The van der Waals surface area contributed by atoms with Crippen LogP contribution in [0.25, 0.3) is 0 Å². The van der Waals surface area contributed by atoms with Crippen molar-refractivity contribution in [3.63, 3.8) is 0 Å². The van der Waals surface area contributed by atoms with E-state index in [0.29, 0.717) is 24.3 Å². The molecular weight excluding hydrogens is 438 g/mol. The molecule has 1 aliphatic heterocycles. The molecule has 2 aromatic carbocycles. The number of hydrogen-bond acceptors (Lipinski definition) is 4. The largest absolute Gasteiger partial charge is 0.447 e. The average Bonchev–Trinajstić information content (AvgIpc) is 3.11. The maximum absolute atomic E-state index is 13.6. The number of imide groups is 1. The second-order valence-corrected chi connectivity index (χ2v) is 10.3. The molecule has 2 unspecified atom stereocenters. The van der Waals surface area contributed by atoms with E-state index in [2.05, 4.69) is 0 Å². The predicted octanol–water partition coefficient (Wildman–Crippen LogP) is 5.87. The Morgan fingerprint density at radius 1 is 1.06 bits per heavy atom. The highest BCUT2D eigenvalue weighted by atomic mass is 35.5. The van der Waals surface area contributed by atoms with Crippen molar-refractivity contribution in [2.45, 2.75) is 58.9 Å². The lowest BCUT2D eigenvalue weighted by Gasteiger charge is -2.26. The fraction of sp³-hybridized carbons (Fsp3) is 0.444. The van der Waals surface area contributed by atoms with Crippen LogP contribution < -0.4 is 0 Å². The van der Waals surface area contributed by atoms with E-state index in [0.717, 1.165) is 17.5 Å². The van der Waals surface area contributed by atoms with E-state index < -0.39 is 24.0 Å². The van der Waals surface area contributed by atoms with Crippen molar-refractivity contribution in [1.82, 2.24) is 4.90 Å². The number of aryl methyl sites for hydroxylation is 1. The van der Waals surface area contributed by atoms with Crippen LogP contribution in [0.2, 0.25) is 5.02 Å². The van der Waals surface area contributed by atoms with Crippen LogP contribution in [-0.4, -0.2) is 35.3 Å². The molecule has 0 aromatic heterocycles. The Hall–Kier alpha value is -2.66. The molecule has 0 spiro atoms. The number of carbonyl (C=O) groups excluding carboxylic acids is 3. The second-order valence-electron chi connectivity index (χ2n) is 9.90. The molecule has 5 nitrogen and oxygen atoms in total. The first-order chi connectivity index (χ1) is 15.6. The van der Waals surface area contributed by atoms with Gasteiger partial charge in [-0.2, -0.15) is 0 Å². The number of benzene rings is 2. The van der Waals surface area contributed by atoms with Gasteiger partial charge in [0, 0.05) is 11.4 Å². The molecule has 0 radical (unpaired) electrons. The quantitative estimate of drug-likeness (QED) is 0.430. The second kappa shape index (κ2) is 11.0. The monoisotopic (exact) mass is 469 g/mol. The summed E-state index contributed by atoms with van der Waals surface area (Å²) in [4.78, 5) is 40.5. The highest BCUT2D eigenvalue weighted by molar-refractivity contribution is 6.30. The van der Waals surface area contributed by atoms with Crippen molar-refractivity contribution in [2.75, 3.05) is 6.61 Å². The average molecular weight is 470 g/mol. The minimum absolute atomic E-state index is 0.123. The van der Waals surface area contributed by atoms with Crippen LogP contribution in [0.15, 0.2) is 54.6 Å². The summed E-state index contributed by atoms with van der Waals surface area (Å²) in [6, 6.07) is 16.8. The lowest BCUT2D eigenvalue weighted by molar-refractivity contribution is -0.140. The third-order valence-electron chi connectivity index (χ3n) is 5.78. The third-order valence-corrected chi connectivity index (χ3v) is 6.03. The van der Waals surface area contributed by atoms with Gasteiger partial charge in [-0.05, 0) is 54.4 Å². The Morgan fingerprint density at radius 3 is 2.36 bits per heavy atom. The van der Waals surface area contributed by atoms with E-state index in [1.54, 1.807) is 0 Å². The predicted molar refractivity (Wildman–Crippen MR) is 129 cm³/mol. The number of ether oxygens (including phenoxy) is 1. The molecule has 1 heterocycles. The lowest BCUT2D eigenvalue weighted by atomic mass is 9.83. The molecule has 1 saturated heterocycles. The van der Waals surface area contributed by atoms with Gasteiger partial charge in [0.2, 0.25) is 5.91 Å². The molecule has 176 valence electrons. The molecule has 3 rings (SSSR count). The molecule has 6 heteroatoms. The van der Waals surface area contributed by atoms with Crippen LogP contribution in [-0.2, 0) is 27.2 Å². The van der Waals surface area contributed by atoms with Gasteiger partial charge in [0.05, 0.1) is 12.0 Å². The van der Waals surface area contributed by atoms with Gasteiger partial charge in [0.15, 0.2) is 0 Å². The first-order valence-corrected chi connectivity index (χ1v) is 11.8. The number of hydrogen-bond donors (Lipinski definition) is 0. The fourth-order valence-corrected chi connectivity index (χ4v) is 4.29. The summed E-state index contributed by atoms with van der Waals surface area (Å²) in [5, 5.41) is 0.671. The first kappa shape index (κ1) is 25.0. The number of halogens is 1. The third kappa shape index (κ3) is 7.16. The van der Waals surface area contributed by atoms with Crippen LogP contribution in [0.4, 0.5) is 4.79 Å². The Kier molecular flexibility index (Phi) is 8.30. The molecule has 0 N–H and O–H groups in total. The number of ketones is 1. The number of amides is 2. The van der Waals surface area contributed by atoms with Gasteiger partial charge in [0.1, 0.15) is 12.4 Å². The van der Waals surface area contributed by atoms with Crippen molar-refractivity contribution in [1.29, 1.82) is 0 Å². The smallest absolute Gasteiger partial charge is 0.417 e. The molecular formula is C27H32ClNO4. The van der Waals surface area contributed by atoms with Crippen LogP contribution >= 0.6 is 11.6 Å². The van der Waals surface area contributed by atoms with E-state index in [-0.39, 0.29) is 24.2 Å². The Morgan fingerprint density at radius 2 is 1.73 bits per heavy atom. The summed E-state index contributed by atoms with van der Waals surface area (Å²) in [5.74, 6) is -1.42. The van der Waals surface area contributed by atoms with Gasteiger partial charge in [-0.15, -0.1) is 0 Å². The van der Waals surface area contributed by atoms with E-state index in [4.69, 9.17) is 16.3 Å². The Bertz CT molecular complexity index is 966. The zero-order valence-electron chi connectivity index (χ0n) is 19.6. The summed E-state index contributed by atoms with van der Waals surface area (Å²) < 4.78 is 5.23. The van der Waals surface area contributed by atoms with Gasteiger partial charge in [-0.3, -0.25) is 9.59 Å². The van der Waals surface area contributed by atoms with Crippen molar-refractivity contribution in [3.8, 4) is 0 Å². The number of cyclic esters (lactones) is 1. The summed E-state index contributed by atoms with van der Waals surface area (Å²) in [7, 11) is 0. The highest BCUT2D eigenvalue weighted by Crippen LogP contribution is 2.28. The van der Waals surface area contributed by atoms with Gasteiger partial charge < -0.3 is 4.74 Å². The Labute approximate surface area is 201 Å². The summed E-state index contributed by atoms with van der Waals surface area (Å²) >= 11 is 5.96. The zero-order chi connectivity index (χ0) is 24.0. The van der Waals surface area contributed by atoms with Crippen molar-refractivity contribution < 1.29 is 19.1 Å². The van der Waals surface area contributed by atoms with Gasteiger partial charge >= 0.3 is 6.09 Å². The summed E-state index contributed by atoms with van der Waals surface area (Å²) in [6.45, 7) is 6.07. The highest BCUT2D eigenvalue weighted by Gasteiger charge is 2.43. The number of carbonyl (C=O) groups is 3. The SMILES string of the molecule is CC(C)(C)CC(=O)C(CCCc1ccc(Cl)cc1)C(=O)N1C(=O)OCC1Cc1ccccc1.